The Morgan fingerprint density at radius 2 is 2.06 bits per heavy atom. The number of aryl methyl sites for hydroxylation is 1. The van der Waals surface area contributed by atoms with Crippen LogP contribution in [-0.4, -0.2) is 19.4 Å². The van der Waals surface area contributed by atoms with Gasteiger partial charge in [-0.2, -0.15) is 0 Å². The van der Waals surface area contributed by atoms with Crippen molar-refractivity contribution in [2.75, 3.05) is 13.7 Å². The summed E-state index contributed by atoms with van der Waals surface area (Å²) in [5.74, 6) is 0.903. The van der Waals surface area contributed by atoms with Crippen LogP contribution >= 0.6 is 0 Å². The topological polar surface area (TPSA) is 52.3 Å². The number of ether oxygens (including phenoxy) is 1. The Morgan fingerprint density at radius 3 is 2.59 bits per heavy atom. The molecule has 0 spiro atoms. The summed E-state index contributed by atoms with van der Waals surface area (Å²) >= 11 is 0. The number of nitrogens with two attached hydrogens (primary N) is 1. The normalized spacial score (nSPS) is 11.4. The Hall–Kier alpha value is -1.35. The third-order valence-electron chi connectivity index (χ3n) is 3.05. The van der Waals surface area contributed by atoms with E-state index in [0.29, 0.717) is 13.0 Å². The second-order valence-electron chi connectivity index (χ2n) is 5.00. The lowest BCUT2D eigenvalue weighted by Gasteiger charge is -2.21. The zero-order chi connectivity index (χ0) is 13.1. The van der Waals surface area contributed by atoms with Crippen LogP contribution in [0.2, 0.25) is 0 Å². The maximum Gasteiger partial charge on any atom is 0.144 e. The smallest absolute Gasteiger partial charge is 0.144 e. The van der Waals surface area contributed by atoms with E-state index in [1.54, 1.807) is 7.11 Å². The molecule has 94 valence electrons. The summed E-state index contributed by atoms with van der Waals surface area (Å²) < 4.78 is 5.26. The van der Waals surface area contributed by atoms with Gasteiger partial charge in [0, 0.05) is 23.9 Å². The van der Waals surface area contributed by atoms with E-state index in [0.717, 1.165) is 16.9 Å². The van der Waals surface area contributed by atoms with E-state index in [1.165, 1.54) is 0 Å². The second-order valence-corrected chi connectivity index (χ2v) is 5.00. The van der Waals surface area contributed by atoms with E-state index in [-0.39, 0.29) is 5.78 Å². The van der Waals surface area contributed by atoms with Crippen molar-refractivity contribution in [3.8, 4) is 5.75 Å². The van der Waals surface area contributed by atoms with Crippen LogP contribution < -0.4 is 10.5 Å². The first-order valence-corrected chi connectivity index (χ1v) is 5.77. The summed E-state index contributed by atoms with van der Waals surface area (Å²) in [6, 6.07) is 5.86. The minimum atomic E-state index is -0.477. The third kappa shape index (κ3) is 3.30. The Labute approximate surface area is 103 Å². The van der Waals surface area contributed by atoms with Crippen molar-refractivity contribution < 1.29 is 9.53 Å². The largest absolute Gasteiger partial charge is 0.496 e. The molecule has 3 heteroatoms. The van der Waals surface area contributed by atoms with E-state index >= 15 is 0 Å². The minimum absolute atomic E-state index is 0.143. The summed E-state index contributed by atoms with van der Waals surface area (Å²) in [6.07, 6.45) is 0.370. The summed E-state index contributed by atoms with van der Waals surface area (Å²) in [5.41, 5.74) is 7.19. The molecule has 0 saturated heterocycles. The highest BCUT2D eigenvalue weighted by Gasteiger charge is 2.26. The van der Waals surface area contributed by atoms with Crippen LogP contribution in [0.15, 0.2) is 18.2 Å². The fourth-order valence-electron chi connectivity index (χ4n) is 1.57. The highest BCUT2D eigenvalue weighted by atomic mass is 16.5. The van der Waals surface area contributed by atoms with Gasteiger partial charge in [-0.05, 0) is 13.0 Å². The van der Waals surface area contributed by atoms with Crippen molar-refractivity contribution in [3.05, 3.63) is 29.3 Å². The summed E-state index contributed by atoms with van der Waals surface area (Å²) in [5, 5.41) is 0. The van der Waals surface area contributed by atoms with Crippen molar-refractivity contribution in [1.82, 2.24) is 0 Å². The quantitative estimate of drug-likeness (QED) is 0.850. The SMILES string of the molecule is COc1ccc(C)cc1CC(=O)C(C)(C)CN. The zero-order valence-corrected chi connectivity index (χ0v) is 11.0. The van der Waals surface area contributed by atoms with E-state index in [4.69, 9.17) is 10.5 Å². The molecule has 17 heavy (non-hydrogen) atoms. The summed E-state index contributed by atoms with van der Waals surface area (Å²) in [4.78, 5) is 12.1. The molecular weight excluding hydrogens is 214 g/mol. The molecule has 0 aliphatic rings. The lowest BCUT2D eigenvalue weighted by Crippen LogP contribution is -2.33. The van der Waals surface area contributed by atoms with Gasteiger partial charge in [0.1, 0.15) is 11.5 Å². The average Bonchev–Trinajstić information content (AvgIpc) is 2.29. The van der Waals surface area contributed by atoms with Crippen LogP contribution in [-0.2, 0) is 11.2 Å². The molecule has 1 rings (SSSR count). The number of hydrogen-bond acceptors (Lipinski definition) is 3. The summed E-state index contributed by atoms with van der Waals surface area (Å²) in [7, 11) is 1.62. The molecule has 0 amide bonds. The molecular formula is C14H21NO2. The van der Waals surface area contributed by atoms with Crippen LogP contribution in [0.4, 0.5) is 0 Å². The lowest BCUT2D eigenvalue weighted by atomic mass is 9.84. The van der Waals surface area contributed by atoms with Crippen molar-refractivity contribution in [1.29, 1.82) is 0 Å². The molecule has 0 fully saturated rings. The van der Waals surface area contributed by atoms with E-state index in [9.17, 15) is 4.79 Å². The standard InChI is InChI=1S/C14H21NO2/c1-10-5-6-12(17-4)11(7-10)8-13(16)14(2,3)9-15/h5-7H,8-9,15H2,1-4H3. The fourth-order valence-corrected chi connectivity index (χ4v) is 1.57. The molecule has 0 saturated carbocycles. The molecule has 1 aromatic rings. The van der Waals surface area contributed by atoms with Crippen LogP contribution in [0, 0.1) is 12.3 Å². The van der Waals surface area contributed by atoms with Gasteiger partial charge in [0.15, 0.2) is 0 Å². The Balaban J connectivity index is 2.95. The molecule has 0 bridgehead atoms. The maximum atomic E-state index is 12.1. The predicted molar refractivity (Wildman–Crippen MR) is 69.3 cm³/mol. The number of methoxy groups -OCH3 is 1. The van der Waals surface area contributed by atoms with Gasteiger partial charge in [-0.15, -0.1) is 0 Å². The van der Waals surface area contributed by atoms with E-state index in [1.807, 2.05) is 39.0 Å². The highest BCUT2D eigenvalue weighted by Crippen LogP contribution is 2.24. The monoisotopic (exact) mass is 235 g/mol. The molecule has 0 radical (unpaired) electrons. The molecule has 0 aliphatic carbocycles. The molecule has 0 aliphatic heterocycles. The Bertz CT molecular complexity index is 411. The molecule has 2 N–H and O–H groups in total. The number of rotatable bonds is 5. The number of carbonyl (C=O) groups excluding carboxylic acids is 1. The lowest BCUT2D eigenvalue weighted by molar-refractivity contribution is -0.125. The molecule has 3 nitrogen and oxygen atoms in total. The number of hydrogen-bond donors (Lipinski definition) is 1. The van der Waals surface area contributed by atoms with Crippen molar-refractivity contribution in [2.24, 2.45) is 11.1 Å². The molecule has 1 aromatic carbocycles. The van der Waals surface area contributed by atoms with Gasteiger partial charge < -0.3 is 10.5 Å². The highest BCUT2D eigenvalue weighted by molar-refractivity contribution is 5.86. The third-order valence-corrected chi connectivity index (χ3v) is 3.05. The van der Waals surface area contributed by atoms with Gasteiger partial charge >= 0.3 is 0 Å². The number of ketones is 1. The molecule has 0 unspecified atom stereocenters. The first kappa shape index (κ1) is 13.7. The predicted octanol–water partition coefficient (Wildman–Crippen LogP) is 2.10. The van der Waals surface area contributed by atoms with Crippen LogP contribution in [0.25, 0.3) is 0 Å². The minimum Gasteiger partial charge on any atom is -0.496 e. The Kier molecular flexibility index (Phi) is 4.29. The van der Waals surface area contributed by atoms with Crippen LogP contribution in [0.3, 0.4) is 0 Å². The van der Waals surface area contributed by atoms with Gasteiger partial charge in [-0.3, -0.25) is 4.79 Å². The van der Waals surface area contributed by atoms with Crippen LogP contribution in [0.1, 0.15) is 25.0 Å². The Morgan fingerprint density at radius 1 is 1.41 bits per heavy atom. The van der Waals surface area contributed by atoms with E-state index < -0.39 is 5.41 Å². The van der Waals surface area contributed by atoms with Crippen molar-refractivity contribution in [2.45, 2.75) is 27.2 Å². The number of benzene rings is 1. The van der Waals surface area contributed by atoms with Crippen molar-refractivity contribution >= 4 is 5.78 Å². The second kappa shape index (κ2) is 5.32. The number of Topliss-reactive ketones (excluding diaryl/α,β-unsaturated/α-hetero) is 1. The van der Waals surface area contributed by atoms with Gasteiger partial charge in [-0.1, -0.05) is 31.5 Å². The molecule has 0 aromatic heterocycles. The first-order chi connectivity index (χ1) is 7.90. The zero-order valence-electron chi connectivity index (χ0n) is 11.0. The van der Waals surface area contributed by atoms with Crippen LogP contribution in [0.5, 0.6) is 5.75 Å². The fraction of sp³-hybridized carbons (Fsp3) is 0.500. The van der Waals surface area contributed by atoms with Crippen molar-refractivity contribution in [3.63, 3.8) is 0 Å². The first-order valence-electron chi connectivity index (χ1n) is 5.77. The number of carbonyl (C=O) groups is 1. The molecule has 0 heterocycles. The van der Waals surface area contributed by atoms with Gasteiger partial charge in [0.05, 0.1) is 7.11 Å². The average molecular weight is 235 g/mol. The summed E-state index contributed by atoms with van der Waals surface area (Å²) in [6.45, 7) is 6.11. The van der Waals surface area contributed by atoms with Gasteiger partial charge in [0.2, 0.25) is 0 Å². The van der Waals surface area contributed by atoms with E-state index in [2.05, 4.69) is 0 Å². The van der Waals surface area contributed by atoms with Gasteiger partial charge in [-0.25, -0.2) is 0 Å². The molecule has 0 atom stereocenters. The maximum absolute atomic E-state index is 12.1. The van der Waals surface area contributed by atoms with Gasteiger partial charge in [0.25, 0.3) is 0 Å².